The van der Waals surface area contributed by atoms with E-state index in [0.29, 0.717) is 54.8 Å². The molecule has 0 bridgehead atoms. The fourth-order valence-electron chi connectivity index (χ4n) is 3.13. The molecule has 5 aromatic rings. The highest BCUT2D eigenvalue weighted by Crippen LogP contribution is 2.33. The Morgan fingerprint density at radius 3 is 2.53 bits per heavy atom. The summed E-state index contributed by atoms with van der Waals surface area (Å²) in [6.07, 6.45) is 1.63. The van der Waals surface area contributed by atoms with Crippen LogP contribution in [0.15, 0.2) is 75.7 Å². The second kappa shape index (κ2) is 8.31. The van der Waals surface area contributed by atoms with Crippen LogP contribution in [0.4, 0.5) is 5.69 Å². The van der Waals surface area contributed by atoms with E-state index in [1.807, 2.05) is 0 Å². The second-order valence-electron chi connectivity index (χ2n) is 6.78. The highest BCUT2D eigenvalue weighted by atomic mass is 35.5. The molecule has 0 spiro atoms. The predicted molar refractivity (Wildman–Crippen MR) is 124 cm³/mol. The van der Waals surface area contributed by atoms with Crippen molar-refractivity contribution in [2.24, 2.45) is 0 Å². The molecule has 0 aliphatic rings. The summed E-state index contributed by atoms with van der Waals surface area (Å²) in [6.45, 7) is 0. The number of halogens is 3. The normalized spacial score (nSPS) is 11.1. The zero-order chi connectivity index (χ0) is 22.2. The van der Waals surface area contributed by atoms with Gasteiger partial charge in [0, 0.05) is 22.5 Å². The Morgan fingerprint density at radius 1 is 0.875 bits per heavy atom. The van der Waals surface area contributed by atoms with Gasteiger partial charge in [-0.1, -0.05) is 34.8 Å². The van der Waals surface area contributed by atoms with E-state index in [-0.39, 0.29) is 5.76 Å². The van der Waals surface area contributed by atoms with Gasteiger partial charge in [0.25, 0.3) is 5.91 Å². The number of pyridine rings is 1. The maximum Gasteiger partial charge on any atom is 0.291 e. The van der Waals surface area contributed by atoms with Crippen LogP contribution < -0.4 is 5.32 Å². The minimum absolute atomic E-state index is 0.110. The van der Waals surface area contributed by atoms with Gasteiger partial charge < -0.3 is 14.2 Å². The molecule has 1 amide bonds. The fraction of sp³-hybridized carbons (Fsp3) is 0. The number of carbonyl (C=O) groups excluding carboxylic acids is 1. The number of hydrogen-bond acceptors (Lipinski definition) is 5. The highest BCUT2D eigenvalue weighted by Gasteiger charge is 2.17. The van der Waals surface area contributed by atoms with Gasteiger partial charge in [-0.2, -0.15) is 4.98 Å². The van der Waals surface area contributed by atoms with E-state index in [1.54, 1.807) is 66.9 Å². The van der Waals surface area contributed by atoms with Crippen LogP contribution in [0.3, 0.4) is 0 Å². The molecule has 0 aliphatic carbocycles. The van der Waals surface area contributed by atoms with Crippen molar-refractivity contribution in [1.82, 2.24) is 9.97 Å². The Balaban J connectivity index is 1.41. The van der Waals surface area contributed by atoms with Gasteiger partial charge in [0.2, 0.25) is 5.89 Å². The molecule has 3 heterocycles. The van der Waals surface area contributed by atoms with Crippen molar-refractivity contribution in [2.45, 2.75) is 0 Å². The zero-order valence-corrected chi connectivity index (χ0v) is 18.4. The maximum atomic E-state index is 12.7. The lowest BCUT2D eigenvalue weighted by Gasteiger charge is -2.06. The van der Waals surface area contributed by atoms with Crippen molar-refractivity contribution in [3.05, 3.63) is 87.7 Å². The molecule has 158 valence electrons. The summed E-state index contributed by atoms with van der Waals surface area (Å²) in [7, 11) is 0. The van der Waals surface area contributed by atoms with Gasteiger partial charge in [0.05, 0.1) is 15.6 Å². The monoisotopic (exact) mass is 483 g/mol. The third kappa shape index (κ3) is 3.96. The molecule has 0 saturated heterocycles. The van der Waals surface area contributed by atoms with Gasteiger partial charge in [-0.15, -0.1) is 0 Å². The number of carbonyl (C=O) groups is 1. The summed E-state index contributed by atoms with van der Waals surface area (Å²) in [5.74, 6) is 0.398. The third-order valence-corrected chi connectivity index (χ3v) is 5.54. The van der Waals surface area contributed by atoms with Crippen LogP contribution >= 0.6 is 34.8 Å². The van der Waals surface area contributed by atoms with Crippen molar-refractivity contribution >= 4 is 57.6 Å². The first-order valence-electron chi connectivity index (χ1n) is 9.36. The van der Waals surface area contributed by atoms with Gasteiger partial charge >= 0.3 is 0 Å². The van der Waals surface area contributed by atoms with Gasteiger partial charge in [-0.25, -0.2) is 4.98 Å². The average Bonchev–Trinajstić information content (AvgIpc) is 3.44. The summed E-state index contributed by atoms with van der Waals surface area (Å²) in [5, 5.41) is 4.18. The van der Waals surface area contributed by atoms with Crippen LogP contribution in [0.1, 0.15) is 10.6 Å². The topological polar surface area (TPSA) is 81.2 Å². The number of oxazole rings is 1. The number of amides is 1. The van der Waals surface area contributed by atoms with E-state index in [0.717, 1.165) is 0 Å². The number of furan rings is 1. The molecule has 0 saturated carbocycles. The van der Waals surface area contributed by atoms with E-state index in [9.17, 15) is 4.79 Å². The Kier molecular flexibility index (Phi) is 5.35. The van der Waals surface area contributed by atoms with E-state index in [2.05, 4.69) is 15.3 Å². The summed E-state index contributed by atoms with van der Waals surface area (Å²) in [6, 6.07) is 16.7. The second-order valence-corrected chi connectivity index (χ2v) is 8.03. The van der Waals surface area contributed by atoms with Crippen molar-refractivity contribution in [3.63, 3.8) is 0 Å². The lowest BCUT2D eigenvalue weighted by Crippen LogP contribution is -2.10. The molecular weight excluding hydrogens is 473 g/mol. The number of rotatable bonds is 4. The first-order chi connectivity index (χ1) is 15.5. The van der Waals surface area contributed by atoms with Crippen molar-refractivity contribution < 1.29 is 13.6 Å². The molecule has 0 aliphatic heterocycles. The fourth-order valence-corrected chi connectivity index (χ4v) is 3.72. The maximum absolute atomic E-state index is 12.7. The minimum Gasteiger partial charge on any atom is -0.451 e. The van der Waals surface area contributed by atoms with Gasteiger partial charge in [0.15, 0.2) is 17.0 Å². The molecule has 2 aromatic carbocycles. The largest absolute Gasteiger partial charge is 0.451 e. The van der Waals surface area contributed by atoms with Crippen molar-refractivity contribution in [3.8, 4) is 22.8 Å². The molecule has 0 atom stereocenters. The van der Waals surface area contributed by atoms with Gasteiger partial charge in [-0.05, 0) is 60.7 Å². The average molecular weight is 485 g/mol. The summed E-state index contributed by atoms with van der Waals surface area (Å²) in [5.41, 5.74) is 2.61. The van der Waals surface area contributed by atoms with E-state index < -0.39 is 5.91 Å². The Morgan fingerprint density at radius 2 is 1.69 bits per heavy atom. The molecule has 0 radical (unpaired) electrons. The van der Waals surface area contributed by atoms with E-state index in [1.165, 1.54) is 0 Å². The van der Waals surface area contributed by atoms with Gasteiger partial charge in [-0.3, -0.25) is 4.79 Å². The van der Waals surface area contributed by atoms with Crippen LogP contribution in [0, 0.1) is 0 Å². The third-order valence-electron chi connectivity index (χ3n) is 4.64. The first kappa shape index (κ1) is 20.6. The molecule has 1 N–H and O–H groups in total. The van der Waals surface area contributed by atoms with E-state index in [4.69, 9.17) is 43.6 Å². The smallest absolute Gasteiger partial charge is 0.291 e. The predicted octanol–water partition coefficient (Wildman–Crippen LogP) is 7.36. The Bertz CT molecular complexity index is 1440. The number of anilines is 1. The van der Waals surface area contributed by atoms with Crippen LogP contribution in [0.25, 0.3) is 34.0 Å². The quantitative estimate of drug-likeness (QED) is 0.288. The molecule has 9 heteroatoms. The summed E-state index contributed by atoms with van der Waals surface area (Å²) in [4.78, 5) is 21.3. The molecule has 6 nitrogen and oxygen atoms in total. The lowest BCUT2D eigenvalue weighted by atomic mass is 10.2. The molecule has 0 unspecified atom stereocenters. The summed E-state index contributed by atoms with van der Waals surface area (Å²) >= 11 is 18.6. The lowest BCUT2D eigenvalue weighted by molar-refractivity contribution is 0.0997. The molecule has 32 heavy (non-hydrogen) atoms. The Hall–Kier alpha value is -3.32. The number of fused-ring (bicyclic) bond motifs is 1. The highest BCUT2D eigenvalue weighted by molar-refractivity contribution is 6.35. The number of nitrogens with zero attached hydrogens (tertiary/aromatic N) is 2. The van der Waals surface area contributed by atoms with E-state index >= 15 is 0 Å². The molecule has 3 aromatic heterocycles. The number of hydrogen-bond donors (Lipinski definition) is 1. The molecule has 0 fully saturated rings. The van der Waals surface area contributed by atoms with Crippen molar-refractivity contribution in [1.29, 1.82) is 0 Å². The molecule has 5 rings (SSSR count). The SMILES string of the molecule is O=C(Nc1ccc(Cl)c(-c2nc3ncccc3o2)c1)c1ccc(-c2cc(Cl)ccc2Cl)o1. The van der Waals surface area contributed by atoms with Gasteiger partial charge in [0.1, 0.15) is 5.76 Å². The standard InChI is InChI=1S/C23H12Cl3N3O3/c24-12-3-5-16(25)14(10-12)18-7-8-20(31-18)22(30)28-13-4-6-17(26)15(11-13)23-29-21-19(32-23)2-1-9-27-21/h1-11H,(H,28,30). The van der Waals surface area contributed by atoms with Crippen molar-refractivity contribution in [2.75, 3.05) is 5.32 Å². The number of nitrogens with one attached hydrogen (secondary N) is 1. The first-order valence-corrected chi connectivity index (χ1v) is 10.5. The van der Waals surface area contributed by atoms with Crippen LogP contribution in [-0.2, 0) is 0 Å². The molecular formula is C23H12Cl3N3O3. The zero-order valence-electron chi connectivity index (χ0n) is 16.1. The number of aromatic nitrogens is 2. The minimum atomic E-state index is -0.443. The summed E-state index contributed by atoms with van der Waals surface area (Å²) < 4.78 is 11.4. The number of benzene rings is 2. The Labute approximate surface area is 196 Å². The van der Waals surface area contributed by atoms with Crippen LogP contribution in [-0.4, -0.2) is 15.9 Å². The van der Waals surface area contributed by atoms with Crippen LogP contribution in [0.5, 0.6) is 0 Å². The van der Waals surface area contributed by atoms with Crippen LogP contribution in [0.2, 0.25) is 15.1 Å².